The Kier molecular flexibility index (Phi) is 6.84. The maximum Gasteiger partial charge on any atom is 0.259 e. The number of aromatic nitrogens is 2. The van der Waals surface area contributed by atoms with Crippen molar-refractivity contribution < 1.29 is 14.3 Å². The number of nitrogens with zero attached hydrogens (tertiary/aromatic N) is 3. The van der Waals surface area contributed by atoms with Crippen LogP contribution in [-0.4, -0.2) is 43.4 Å². The molecule has 0 unspecified atom stereocenters. The summed E-state index contributed by atoms with van der Waals surface area (Å²) in [5.74, 6) is 1.75. The molecule has 2 aromatic carbocycles. The van der Waals surface area contributed by atoms with Crippen molar-refractivity contribution in [2.24, 2.45) is 0 Å². The average molecular weight is 433 g/mol. The molecule has 1 aliphatic heterocycles. The summed E-state index contributed by atoms with van der Waals surface area (Å²) in [6.45, 7) is 2.08. The molecule has 1 aromatic heterocycles. The van der Waals surface area contributed by atoms with Crippen LogP contribution in [0, 0.1) is 0 Å². The van der Waals surface area contributed by atoms with Gasteiger partial charge in [-0.25, -0.2) is 0 Å². The first kappa shape index (κ1) is 21.6. The predicted octanol–water partition coefficient (Wildman–Crippen LogP) is 4.79. The number of hydrogen-bond acceptors (Lipinski definition) is 6. The number of anilines is 2. The van der Waals surface area contributed by atoms with Crippen molar-refractivity contribution in [2.75, 3.05) is 37.5 Å². The van der Waals surface area contributed by atoms with Crippen LogP contribution in [0.1, 0.15) is 36.0 Å². The van der Waals surface area contributed by atoms with Gasteiger partial charge in [0, 0.05) is 24.3 Å². The van der Waals surface area contributed by atoms with Crippen molar-refractivity contribution in [1.29, 1.82) is 0 Å². The van der Waals surface area contributed by atoms with Crippen molar-refractivity contribution in [3.63, 3.8) is 0 Å². The van der Waals surface area contributed by atoms with Gasteiger partial charge in [0.15, 0.2) is 5.82 Å². The van der Waals surface area contributed by atoms with E-state index in [0.717, 1.165) is 30.2 Å². The molecule has 4 rings (SSSR count). The number of ether oxygens (including phenoxy) is 2. The molecule has 0 bridgehead atoms. The molecule has 0 saturated carbocycles. The minimum atomic E-state index is -0.268. The summed E-state index contributed by atoms with van der Waals surface area (Å²) >= 11 is 0. The lowest BCUT2D eigenvalue weighted by molar-refractivity contribution is 0.102. The van der Waals surface area contributed by atoms with Gasteiger partial charge < -0.3 is 19.7 Å². The first-order chi connectivity index (χ1) is 15.7. The number of rotatable bonds is 6. The average Bonchev–Trinajstić information content (AvgIpc) is 3.14. The highest BCUT2D eigenvalue weighted by Crippen LogP contribution is 2.26. The zero-order valence-electron chi connectivity index (χ0n) is 18.5. The zero-order chi connectivity index (χ0) is 22.3. The molecule has 2 heterocycles. The van der Waals surface area contributed by atoms with Crippen LogP contribution in [0.3, 0.4) is 0 Å². The van der Waals surface area contributed by atoms with Crippen LogP contribution in [0.2, 0.25) is 0 Å². The van der Waals surface area contributed by atoms with Gasteiger partial charge in [0.2, 0.25) is 0 Å². The molecule has 1 amide bonds. The minimum Gasteiger partial charge on any atom is -0.497 e. The molecule has 0 atom stereocenters. The smallest absolute Gasteiger partial charge is 0.259 e. The Morgan fingerprint density at radius 2 is 1.62 bits per heavy atom. The second kappa shape index (κ2) is 10.1. The molecular formula is C25H28N4O3. The fraction of sp³-hybridized carbons (Fsp3) is 0.320. The Bertz CT molecular complexity index is 1040. The number of nitrogens with one attached hydrogen (secondary N) is 1. The molecule has 0 spiro atoms. The van der Waals surface area contributed by atoms with E-state index in [1.54, 1.807) is 25.3 Å². The van der Waals surface area contributed by atoms with Crippen LogP contribution >= 0.6 is 0 Å². The molecule has 1 aliphatic rings. The molecule has 32 heavy (non-hydrogen) atoms. The highest BCUT2D eigenvalue weighted by atomic mass is 16.5. The van der Waals surface area contributed by atoms with E-state index in [4.69, 9.17) is 9.47 Å². The molecule has 7 nitrogen and oxygen atoms in total. The van der Waals surface area contributed by atoms with Crippen molar-refractivity contribution in [3.8, 4) is 22.8 Å². The lowest BCUT2D eigenvalue weighted by Gasteiger charge is -2.20. The molecule has 3 aromatic rings. The van der Waals surface area contributed by atoms with Gasteiger partial charge in [-0.15, -0.1) is 10.2 Å². The highest BCUT2D eigenvalue weighted by molar-refractivity contribution is 6.06. The van der Waals surface area contributed by atoms with Crippen LogP contribution in [0.5, 0.6) is 11.5 Å². The Hall–Kier alpha value is -3.61. The second-order valence-electron chi connectivity index (χ2n) is 7.78. The summed E-state index contributed by atoms with van der Waals surface area (Å²) in [6, 6.07) is 16.7. The number of amides is 1. The molecule has 7 heteroatoms. The molecule has 1 saturated heterocycles. The normalized spacial score (nSPS) is 13.9. The lowest BCUT2D eigenvalue weighted by atomic mass is 10.1. The fourth-order valence-corrected chi connectivity index (χ4v) is 3.86. The van der Waals surface area contributed by atoms with Gasteiger partial charge >= 0.3 is 0 Å². The summed E-state index contributed by atoms with van der Waals surface area (Å²) in [5, 5.41) is 11.8. The Morgan fingerprint density at radius 1 is 0.875 bits per heavy atom. The highest BCUT2D eigenvalue weighted by Gasteiger charge is 2.15. The first-order valence-electron chi connectivity index (χ1n) is 10.9. The summed E-state index contributed by atoms with van der Waals surface area (Å²) in [7, 11) is 3.10. The van der Waals surface area contributed by atoms with Gasteiger partial charge in [0.1, 0.15) is 11.5 Å². The summed E-state index contributed by atoms with van der Waals surface area (Å²) in [5.41, 5.74) is 2.83. The summed E-state index contributed by atoms with van der Waals surface area (Å²) in [4.78, 5) is 15.1. The van der Waals surface area contributed by atoms with Crippen LogP contribution in [0.15, 0.2) is 54.6 Å². The summed E-state index contributed by atoms with van der Waals surface area (Å²) in [6.07, 6.45) is 4.99. The second-order valence-corrected chi connectivity index (χ2v) is 7.78. The number of methoxy groups -OCH3 is 2. The van der Waals surface area contributed by atoms with Gasteiger partial charge in [-0.05, 0) is 55.3 Å². The third kappa shape index (κ3) is 4.99. The van der Waals surface area contributed by atoms with Gasteiger partial charge in [-0.3, -0.25) is 4.79 Å². The molecule has 1 fully saturated rings. The van der Waals surface area contributed by atoms with Gasteiger partial charge in [-0.1, -0.05) is 25.0 Å². The Labute approximate surface area is 188 Å². The molecule has 166 valence electrons. The largest absolute Gasteiger partial charge is 0.497 e. The van der Waals surface area contributed by atoms with Gasteiger partial charge in [0.05, 0.1) is 25.5 Å². The van der Waals surface area contributed by atoms with E-state index in [1.807, 2.05) is 36.4 Å². The molecule has 1 N–H and O–H groups in total. The van der Waals surface area contributed by atoms with Crippen molar-refractivity contribution in [1.82, 2.24) is 10.2 Å². The number of hydrogen-bond donors (Lipinski definition) is 1. The SMILES string of the molecule is COc1ccc(OC)c(C(=O)Nc2ccc(-c3ccc(N4CCCCCC4)nn3)cc2)c1. The third-order valence-electron chi connectivity index (χ3n) is 5.67. The molecule has 0 radical (unpaired) electrons. The van der Waals surface area contributed by atoms with Crippen LogP contribution in [0.4, 0.5) is 11.5 Å². The Balaban J connectivity index is 1.45. The number of carbonyl (C=O) groups excluding carboxylic acids is 1. The van der Waals surface area contributed by atoms with E-state index in [9.17, 15) is 4.79 Å². The van der Waals surface area contributed by atoms with Crippen molar-refractivity contribution in [2.45, 2.75) is 25.7 Å². The quantitative estimate of drug-likeness (QED) is 0.603. The Morgan fingerprint density at radius 3 is 2.25 bits per heavy atom. The van der Waals surface area contributed by atoms with Gasteiger partial charge in [-0.2, -0.15) is 0 Å². The van der Waals surface area contributed by atoms with Crippen LogP contribution in [0.25, 0.3) is 11.3 Å². The first-order valence-corrected chi connectivity index (χ1v) is 10.9. The minimum absolute atomic E-state index is 0.268. The maximum absolute atomic E-state index is 12.8. The predicted molar refractivity (Wildman–Crippen MR) is 126 cm³/mol. The van der Waals surface area contributed by atoms with Gasteiger partial charge in [0.25, 0.3) is 5.91 Å². The lowest BCUT2D eigenvalue weighted by Crippen LogP contribution is -2.25. The maximum atomic E-state index is 12.8. The van der Waals surface area contributed by atoms with E-state index in [0.29, 0.717) is 22.7 Å². The fourth-order valence-electron chi connectivity index (χ4n) is 3.86. The topological polar surface area (TPSA) is 76.6 Å². The summed E-state index contributed by atoms with van der Waals surface area (Å²) < 4.78 is 10.5. The monoisotopic (exact) mass is 432 g/mol. The third-order valence-corrected chi connectivity index (χ3v) is 5.67. The van der Waals surface area contributed by atoms with E-state index in [1.165, 1.54) is 32.8 Å². The standard InChI is InChI=1S/C25H28N4O3/c1-31-20-11-13-23(32-2)21(17-20)25(30)26-19-9-7-18(8-10-19)22-12-14-24(28-27-22)29-15-5-3-4-6-16-29/h7-14,17H,3-6,15-16H2,1-2H3,(H,26,30). The van der Waals surface area contributed by atoms with E-state index in [-0.39, 0.29) is 5.91 Å². The van der Waals surface area contributed by atoms with Crippen molar-refractivity contribution in [3.05, 3.63) is 60.2 Å². The molecular weight excluding hydrogens is 404 g/mol. The van der Waals surface area contributed by atoms with E-state index >= 15 is 0 Å². The van der Waals surface area contributed by atoms with Crippen LogP contribution in [-0.2, 0) is 0 Å². The van der Waals surface area contributed by atoms with E-state index < -0.39 is 0 Å². The molecule has 0 aliphatic carbocycles. The number of benzene rings is 2. The van der Waals surface area contributed by atoms with Crippen molar-refractivity contribution >= 4 is 17.4 Å². The van der Waals surface area contributed by atoms with E-state index in [2.05, 4.69) is 20.4 Å². The number of carbonyl (C=O) groups is 1. The zero-order valence-corrected chi connectivity index (χ0v) is 18.5. The van der Waals surface area contributed by atoms with Crippen LogP contribution < -0.4 is 19.7 Å².